The summed E-state index contributed by atoms with van der Waals surface area (Å²) in [5, 5.41) is -0.187. The first-order valence-corrected chi connectivity index (χ1v) is 5.00. The summed E-state index contributed by atoms with van der Waals surface area (Å²) < 4.78 is 37.1. The Kier molecular flexibility index (Phi) is 3.02. The molecule has 2 nitrogen and oxygen atoms in total. The Bertz CT molecular complexity index is 526. The number of halogens is 4. The van der Waals surface area contributed by atoms with Gasteiger partial charge in [0.1, 0.15) is 10.8 Å². The Morgan fingerprint density at radius 3 is 2.41 bits per heavy atom. The summed E-state index contributed by atoms with van der Waals surface area (Å²) in [5.41, 5.74) is 0.0432. The Morgan fingerprint density at radius 1 is 1.12 bits per heavy atom. The van der Waals surface area contributed by atoms with E-state index in [1.165, 1.54) is 12.3 Å². The molecule has 0 aliphatic rings. The minimum Gasteiger partial charge on any atom is -0.264 e. The lowest BCUT2D eigenvalue weighted by molar-refractivity contribution is -0.141. The second-order valence-corrected chi connectivity index (χ2v) is 3.63. The molecule has 0 aliphatic carbocycles. The number of pyridine rings is 2. The zero-order chi connectivity index (χ0) is 12.5. The van der Waals surface area contributed by atoms with Crippen molar-refractivity contribution in [2.24, 2.45) is 0 Å². The molecule has 0 fully saturated rings. The number of alkyl halides is 3. The molecule has 0 amide bonds. The van der Waals surface area contributed by atoms with Gasteiger partial charge in [-0.1, -0.05) is 17.7 Å². The molecule has 2 heterocycles. The number of aromatic nitrogens is 2. The molecule has 2 aromatic heterocycles. The Balaban J connectivity index is 2.46. The first kappa shape index (κ1) is 11.9. The summed E-state index contributed by atoms with van der Waals surface area (Å²) in [4.78, 5) is 7.20. The average Bonchev–Trinajstić information content (AvgIpc) is 2.29. The van der Waals surface area contributed by atoms with Crippen LogP contribution < -0.4 is 0 Å². The summed E-state index contributed by atoms with van der Waals surface area (Å²) in [6.07, 6.45) is -1.41. The molecule has 88 valence electrons. The van der Waals surface area contributed by atoms with Crippen molar-refractivity contribution in [1.82, 2.24) is 9.97 Å². The van der Waals surface area contributed by atoms with E-state index in [0.717, 1.165) is 6.07 Å². The minimum absolute atomic E-state index is 0.187. The summed E-state index contributed by atoms with van der Waals surface area (Å²) in [6, 6.07) is 5.55. The maximum atomic E-state index is 12.4. The third-order valence-corrected chi connectivity index (χ3v) is 2.40. The van der Waals surface area contributed by atoms with Crippen molar-refractivity contribution < 1.29 is 13.2 Å². The van der Waals surface area contributed by atoms with Crippen molar-refractivity contribution >= 4 is 11.6 Å². The fourth-order valence-electron chi connectivity index (χ4n) is 1.33. The second kappa shape index (κ2) is 4.33. The Labute approximate surface area is 100 Å². The van der Waals surface area contributed by atoms with Crippen LogP contribution in [0.4, 0.5) is 13.2 Å². The Morgan fingerprint density at radius 2 is 1.88 bits per heavy atom. The SMILES string of the molecule is FC(F)(F)c1ccc(-c2cccnc2)c(Cl)n1. The van der Waals surface area contributed by atoms with Gasteiger partial charge in [0.05, 0.1) is 0 Å². The highest BCUT2D eigenvalue weighted by atomic mass is 35.5. The van der Waals surface area contributed by atoms with Crippen molar-refractivity contribution in [3.05, 3.63) is 47.5 Å². The van der Waals surface area contributed by atoms with Gasteiger partial charge in [0.25, 0.3) is 0 Å². The second-order valence-electron chi connectivity index (χ2n) is 3.27. The van der Waals surface area contributed by atoms with Gasteiger partial charge in [-0.3, -0.25) is 4.98 Å². The largest absolute Gasteiger partial charge is 0.433 e. The molecule has 0 saturated carbocycles. The Hall–Kier alpha value is -1.62. The van der Waals surface area contributed by atoms with Gasteiger partial charge in [-0.15, -0.1) is 0 Å². The van der Waals surface area contributed by atoms with Crippen molar-refractivity contribution in [1.29, 1.82) is 0 Å². The number of nitrogens with zero attached hydrogens (tertiary/aromatic N) is 2. The van der Waals surface area contributed by atoms with Crippen molar-refractivity contribution in [3.63, 3.8) is 0 Å². The van der Waals surface area contributed by atoms with Crippen LogP contribution in [0.2, 0.25) is 5.15 Å². The number of hydrogen-bond donors (Lipinski definition) is 0. The monoisotopic (exact) mass is 258 g/mol. The van der Waals surface area contributed by atoms with E-state index in [-0.39, 0.29) is 5.15 Å². The van der Waals surface area contributed by atoms with Gasteiger partial charge < -0.3 is 0 Å². The number of rotatable bonds is 1. The normalized spacial score (nSPS) is 11.5. The minimum atomic E-state index is -4.49. The molecule has 0 aliphatic heterocycles. The average molecular weight is 259 g/mol. The van der Waals surface area contributed by atoms with Crippen LogP contribution >= 0.6 is 11.6 Å². The topological polar surface area (TPSA) is 25.8 Å². The van der Waals surface area contributed by atoms with Gasteiger partial charge in [-0.25, -0.2) is 4.98 Å². The molecular weight excluding hydrogens is 253 g/mol. The molecule has 2 rings (SSSR count). The van der Waals surface area contributed by atoms with Crippen LogP contribution in [0.1, 0.15) is 5.69 Å². The molecule has 0 bridgehead atoms. The van der Waals surface area contributed by atoms with Gasteiger partial charge in [0.15, 0.2) is 0 Å². The maximum absolute atomic E-state index is 12.4. The summed E-state index contributed by atoms with van der Waals surface area (Å²) in [7, 11) is 0. The van der Waals surface area contributed by atoms with Crippen LogP contribution in [0, 0.1) is 0 Å². The molecule has 0 radical (unpaired) electrons. The molecule has 2 aromatic rings. The third kappa shape index (κ3) is 2.55. The molecule has 17 heavy (non-hydrogen) atoms. The van der Waals surface area contributed by atoms with Crippen LogP contribution in [-0.2, 0) is 6.18 Å². The van der Waals surface area contributed by atoms with Crippen LogP contribution in [0.3, 0.4) is 0 Å². The van der Waals surface area contributed by atoms with E-state index in [4.69, 9.17) is 11.6 Å². The zero-order valence-corrected chi connectivity index (χ0v) is 9.13. The lowest BCUT2D eigenvalue weighted by Crippen LogP contribution is -2.07. The van der Waals surface area contributed by atoms with Gasteiger partial charge in [-0.2, -0.15) is 13.2 Å². The van der Waals surface area contributed by atoms with E-state index in [0.29, 0.717) is 11.1 Å². The molecule has 0 unspecified atom stereocenters. The lowest BCUT2D eigenvalue weighted by atomic mass is 10.1. The van der Waals surface area contributed by atoms with Crippen molar-refractivity contribution in [2.75, 3.05) is 0 Å². The van der Waals surface area contributed by atoms with E-state index in [2.05, 4.69) is 9.97 Å². The van der Waals surface area contributed by atoms with Crippen LogP contribution in [0.15, 0.2) is 36.7 Å². The first-order valence-electron chi connectivity index (χ1n) is 4.62. The summed E-state index contributed by atoms with van der Waals surface area (Å²) in [5.74, 6) is 0. The first-order chi connectivity index (χ1) is 7.98. The van der Waals surface area contributed by atoms with Gasteiger partial charge >= 0.3 is 6.18 Å². The van der Waals surface area contributed by atoms with Gasteiger partial charge in [0, 0.05) is 23.5 Å². The highest BCUT2D eigenvalue weighted by molar-refractivity contribution is 6.32. The fraction of sp³-hybridized carbons (Fsp3) is 0.0909. The van der Waals surface area contributed by atoms with Crippen molar-refractivity contribution in [2.45, 2.75) is 6.18 Å². The predicted octanol–water partition coefficient (Wildman–Crippen LogP) is 3.82. The molecule has 0 aromatic carbocycles. The van der Waals surface area contributed by atoms with E-state index < -0.39 is 11.9 Å². The summed E-state index contributed by atoms with van der Waals surface area (Å²) >= 11 is 5.73. The van der Waals surface area contributed by atoms with Crippen LogP contribution in [-0.4, -0.2) is 9.97 Å². The molecule has 0 N–H and O–H groups in total. The van der Waals surface area contributed by atoms with Crippen molar-refractivity contribution in [3.8, 4) is 11.1 Å². The smallest absolute Gasteiger partial charge is 0.264 e. The standard InChI is InChI=1S/C11H6ClF3N2/c12-10-8(7-2-1-5-16-6-7)3-4-9(17-10)11(13,14)15/h1-6H. The van der Waals surface area contributed by atoms with E-state index in [9.17, 15) is 13.2 Å². The quantitative estimate of drug-likeness (QED) is 0.727. The highest BCUT2D eigenvalue weighted by Crippen LogP contribution is 2.32. The lowest BCUT2D eigenvalue weighted by Gasteiger charge is -2.08. The molecular formula is C11H6ClF3N2. The van der Waals surface area contributed by atoms with Gasteiger partial charge in [-0.05, 0) is 18.2 Å². The van der Waals surface area contributed by atoms with Crippen LogP contribution in [0.25, 0.3) is 11.1 Å². The third-order valence-electron chi connectivity index (χ3n) is 2.11. The number of hydrogen-bond acceptors (Lipinski definition) is 2. The van der Waals surface area contributed by atoms with E-state index in [1.807, 2.05) is 0 Å². The molecule has 0 atom stereocenters. The van der Waals surface area contributed by atoms with E-state index in [1.54, 1.807) is 18.3 Å². The predicted molar refractivity (Wildman–Crippen MR) is 57.5 cm³/mol. The molecule has 6 heteroatoms. The summed E-state index contributed by atoms with van der Waals surface area (Å²) in [6.45, 7) is 0. The maximum Gasteiger partial charge on any atom is 0.433 e. The van der Waals surface area contributed by atoms with E-state index >= 15 is 0 Å². The van der Waals surface area contributed by atoms with Gasteiger partial charge in [0.2, 0.25) is 0 Å². The fourth-order valence-corrected chi connectivity index (χ4v) is 1.59. The van der Waals surface area contributed by atoms with Crippen LogP contribution in [0.5, 0.6) is 0 Å². The highest BCUT2D eigenvalue weighted by Gasteiger charge is 2.32. The molecule has 0 saturated heterocycles. The molecule has 0 spiro atoms. The zero-order valence-electron chi connectivity index (χ0n) is 8.37.